The number of anilines is 1. The molecular formula is C16H12N4O4. The molecule has 1 amide bonds. The van der Waals surface area contributed by atoms with Crippen LogP contribution in [0.2, 0.25) is 0 Å². The zero-order valence-electron chi connectivity index (χ0n) is 12.4. The molecule has 0 radical (unpaired) electrons. The van der Waals surface area contributed by atoms with Crippen molar-refractivity contribution in [1.29, 1.82) is 0 Å². The van der Waals surface area contributed by atoms with Crippen LogP contribution in [-0.2, 0) is 6.42 Å². The Morgan fingerprint density at radius 3 is 2.46 bits per heavy atom. The number of rotatable bonds is 5. The molecule has 3 aromatic rings. The first kappa shape index (κ1) is 15.3. The summed E-state index contributed by atoms with van der Waals surface area (Å²) >= 11 is 0. The predicted molar refractivity (Wildman–Crippen MR) is 84.6 cm³/mol. The highest BCUT2D eigenvalue weighted by Gasteiger charge is 2.13. The van der Waals surface area contributed by atoms with Crippen molar-refractivity contribution in [2.45, 2.75) is 6.42 Å². The quantitative estimate of drug-likeness (QED) is 0.570. The first-order valence-electron chi connectivity index (χ1n) is 7.04. The Balaban J connectivity index is 1.65. The fourth-order valence-corrected chi connectivity index (χ4v) is 2.05. The fraction of sp³-hybridized carbons (Fsp3) is 0.0625. The first-order chi connectivity index (χ1) is 11.6. The van der Waals surface area contributed by atoms with E-state index in [2.05, 4.69) is 15.5 Å². The van der Waals surface area contributed by atoms with E-state index >= 15 is 0 Å². The summed E-state index contributed by atoms with van der Waals surface area (Å²) in [4.78, 5) is 22.1. The summed E-state index contributed by atoms with van der Waals surface area (Å²) in [5, 5.41) is 20.7. The van der Waals surface area contributed by atoms with Gasteiger partial charge in [0, 0.05) is 17.7 Å². The standard InChI is InChI=1S/C16H12N4O4/c21-15(12-6-8-13(9-7-12)20(22)23)17-16-19-18-14(24-16)10-11-4-2-1-3-5-11/h1-9H,10H2,(H,17,19,21). The molecule has 0 saturated carbocycles. The van der Waals surface area contributed by atoms with Gasteiger partial charge in [0.2, 0.25) is 5.89 Å². The minimum absolute atomic E-state index is 0.0238. The lowest BCUT2D eigenvalue weighted by atomic mass is 10.2. The Bertz CT molecular complexity index is 859. The maximum absolute atomic E-state index is 12.1. The first-order valence-corrected chi connectivity index (χ1v) is 7.04. The van der Waals surface area contributed by atoms with Crippen LogP contribution < -0.4 is 5.32 Å². The number of nitrogens with one attached hydrogen (secondary N) is 1. The van der Waals surface area contributed by atoms with Gasteiger partial charge in [-0.25, -0.2) is 0 Å². The summed E-state index contributed by atoms with van der Waals surface area (Å²) in [6.45, 7) is 0. The molecule has 1 heterocycles. The summed E-state index contributed by atoms with van der Waals surface area (Å²) in [5.41, 5.74) is 1.17. The normalized spacial score (nSPS) is 10.3. The third kappa shape index (κ3) is 3.61. The summed E-state index contributed by atoms with van der Waals surface area (Å²) in [5.74, 6) is -0.111. The molecular weight excluding hydrogens is 312 g/mol. The molecule has 0 aliphatic rings. The van der Waals surface area contributed by atoms with E-state index in [9.17, 15) is 14.9 Å². The maximum atomic E-state index is 12.1. The van der Waals surface area contributed by atoms with Crippen LogP contribution in [0.25, 0.3) is 0 Å². The highest BCUT2D eigenvalue weighted by atomic mass is 16.6. The number of carbonyl (C=O) groups excluding carboxylic acids is 1. The van der Waals surface area contributed by atoms with Crippen LogP contribution >= 0.6 is 0 Å². The van der Waals surface area contributed by atoms with Gasteiger partial charge in [0.25, 0.3) is 11.6 Å². The number of nitro groups is 1. The van der Waals surface area contributed by atoms with Crippen LogP contribution in [0.3, 0.4) is 0 Å². The second-order valence-electron chi connectivity index (χ2n) is 4.92. The van der Waals surface area contributed by atoms with Gasteiger partial charge in [-0.1, -0.05) is 35.4 Å². The molecule has 0 atom stereocenters. The van der Waals surface area contributed by atoms with E-state index in [0.29, 0.717) is 12.3 Å². The Morgan fingerprint density at radius 1 is 1.08 bits per heavy atom. The van der Waals surface area contributed by atoms with E-state index in [4.69, 9.17) is 4.42 Å². The molecule has 0 aliphatic heterocycles. The smallest absolute Gasteiger partial charge is 0.322 e. The number of hydrogen-bond donors (Lipinski definition) is 1. The molecule has 3 rings (SSSR count). The van der Waals surface area contributed by atoms with Crippen LogP contribution in [0.1, 0.15) is 21.8 Å². The van der Waals surface area contributed by atoms with Gasteiger partial charge < -0.3 is 4.42 Å². The number of aromatic nitrogens is 2. The van der Waals surface area contributed by atoms with Crippen LogP contribution in [0.4, 0.5) is 11.7 Å². The van der Waals surface area contributed by atoms with E-state index in [-0.39, 0.29) is 17.3 Å². The van der Waals surface area contributed by atoms with Crippen molar-refractivity contribution in [1.82, 2.24) is 10.2 Å². The third-order valence-electron chi connectivity index (χ3n) is 3.23. The third-order valence-corrected chi connectivity index (χ3v) is 3.23. The van der Waals surface area contributed by atoms with E-state index in [0.717, 1.165) is 5.56 Å². The molecule has 1 N–H and O–H groups in total. The van der Waals surface area contributed by atoms with Gasteiger partial charge in [-0.15, -0.1) is 5.10 Å². The van der Waals surface area contributed by atoms with Crippen LogP contribution in [0.5, 0.6) is 0 Å². The molecule has 8 heteroatoms. The van der Waals surface area contributed by atoms with Gasteiger partial charge in [0.05, 0.1) is 11.3 Å². The molecule has 120 valence electrons. The van der Waals surface area contributed by atoms with Crippen LogP contribution in [0.15, 0.2) is 59.0 Å². The second-order valence-corrected chi connectivity index (χ2v) is 4.92. The molecule has 2 aromatic carbocycles. The molecule has 0 bridgehead atoms. The summed E-state index contributed by atoms with van der Waals surface area (Å²) in [6.07, 6.45) is 0.460. The number of benzene rings is 2. The second kappa shape index (κ2) is 6.69. The topological polar surface area (TPSA) is 111 Å². The lowest BCUT2D eigenvalue weighted by molar-refractivity contribution is -0.384. The summed E-state index contributed by atoms with van der Waals surface area (Å²) in [7, 11) is 0. The fourth-order valence-electron chi connectivity index (χ4n) is 2.05. The molecule has 24 heavy (non-hydrogen) atoms. The van der Waals surface area contributed by atoms with Gasteiger partial charge in [0.1, 0.15) is 0 Å². The highest BCUT2D eigenvalue weighted by Crippen LogP contribution is 2.15. The summed E-state index contributed by atoms with van der Waals surface area (Å²) < 4.78 is 5.38. The number of nitro benzene ring substituents is 1. The zero-order valence-corrected chi connectivity index (χ0v) is 12.4. The number of amides is 1. The number of nitrogens with zero attached hydrogens (tertiary/aromatic N) is 3. The monoisotopic (exact) mass is 324 g/mol. The molecule has 0 fully saturated rings. The largest absolute Gasteiger partial charge is 0.407 e. The maximum Gasteiger partial charge on any atom is 0.322 e. The molecule has 0 spiro atoms. The molecule has 0 unspecified atom stereocenters. The minimum atomic E-state index is -0.532. The van der Waals surface area contributed by atoms with Crippen LogP contribution in [0, 0.1) is 10.1 Å². The number of hydrogen-bond acceptors (Lipinski definition) is 6. The van der Waals surface area contributed by atoms with Gasteiger partial charge >= 0.3 is 6.01 Å². The molecule has 0 saturated heterocycles. The average Bonchev–Trinajstić information content (AvgIpc) is 3.02. The molecule has 0 aliphatic carbocycles. The van der Waals surface area contributed by atoms with Crippen molar-refractivity contribution in [3.8, 4) is 0 Å². The van der Waals surface area contributed by atoms with Crippen molar-refractivity contribution in [3.63, 3.8) is 0 Å². The SMILES string of the molecule is O=C(Nc1nnc(Cc2ccccc2)o1)c1ccc([N+](=O)[O-])cc1. The average molecular weight is 324 g/mol. The van der Waals surface area contributed by atoms with Crippen LogP contribution in [-0.4, -0.2) is 21.0 Å². The van der Waals surface area contributed by atoms with Crippen molar-refractivity contribution in [2.75, 3.05) is 5.32 Å². The van der Waals surface area contributed by atoms with Crippen molar-refractivity contribution >= 4 is 17.6 Å². The van der Waals surface area contributed by atoms with Crippen molar-refractivity contribution < 1.29 is 14.1 Å². The van der Waals surface area contributed by atoms with Crippen molar-refractivity contribution in [3.05, 3.63) is 81.7 Å². The van der Waals surface area contributed by atoms with Gasteiger partial charge in [0.15, 0.2) is 0 Å². The van der Waals surface area contributed by atoms with E-state index in [1.165, 1.54) is 24.3 Å². The van der Waals surface area contributed by atoms with Gasteiger partial charge in [-0.3, -0.25) is 20.2 Å². The highest BCUT2D eigenvalue weighted by molar-refractivity contribution is 6.03. The predicted octanol–water partition coefficient (Wildman–Crippen LogP) is 2.82. The van der Waals surface area contributed by atoms with E-state index in [1.807, 2.05) is 30.3 Å². The number of carbonyl (C=O) groups is 1. The lowest BCUT2D eigenvalue weighted by Gasteiger charge is -2.00. The lowest BCUT2D eigenvalue weighted by Crippen LogP contribution is -2.12. The number of non-ortho nitro benzene ring substituents is 1. The van der Waals surface area contributed by atoms with E-state index < -0.39 is 10.8 Å². The summed E-state index contributed by atoms with van der Waals surface area (Å²) in [6, 6.07) is 14.8. The van der Waals surface area contributed by atoms with Gasteiger partial charge in [-0.2, -0.15) is 0 Å². The Morgan fingerprint density at radius 2 is 1.79 bits per heavy atom. The van der Waals surface area contributed by atoms with Gasteiger partial charge in [-0.05, 0) is 17.7 Å². The Kier molecular flexibility index (Phi) is 4.28. The molecule has 1 aromatic heterocycles. The Labute approximate surface area is 136 Å². The minimum Gasteiger partial charge on any atom is -0.407 e. The molecule has 8 nitrogen and oxygen atoms in total. The zero-order chi connectivity index (χ0) is 16.9. The van der Waals surface area contributed by atoms with Crippen molar-refractivity contribution in [2.24, 2.45) is 0 Å². The van der Waals surface area contributed by atoms with E-state index in [1.54, 1.807) is 0 Å². The Hall–Kier alpha value is -3.55.